The molecular weight excluding hydrogens is 294 g/mol. The van der Waals surface area contributed by atoms with E-state index in [2.05, 4.69) is 4.98 Å². The number of halogens is 1. The number of carbonyl (C=O) groups excluding carboxylic acids is 2. The predicted octanol–water partition coefficient (Wildman–Crippen LogP) is 2.13. The summed E-state index contributed by atoms with van der Waals surface area (Å²) in [6, 6.07) is 4.53. The molecule has 0 saturated heterocycles. The molecule has 2 aromatic rings. The van der Waals surface area contributed by atoms with Crippen molar-refractivity contribution in [3.8, 4) is 5.75 Å². The van der Waals surface area contributed by atoms with Gasteiger partial charge in [0.2, 0.25) is 0 Å². The van der Waals surface area contributed by atoms with Gasteiger partial charge < -0.3 is 10.5 Å². The van der Waals surface area contributed by atoms with E-state index in [1.807, 2.05) is 0 Å². The van der Waals surface area contributed by atoms with E-state index in [4.69, 9.17) is 22.1 Å². The molecule has 0 fully saturated rings. The van der Waals surface area contributed by atoms with Crippen molar-refractivity contribution < 1.29 is 14.3 Å². The largest absolute Gasteiger partial charge is 0.495 e. The van der Waals surface area contributed by atoms with Crippen molar-refractivity contribution in [2.45, 2.75) is 0 Å². The van der Waals surface area contributed by atoms with Gasteiger partial charge in [-0.1, -0.05) is 11.6 Å². The molecule has 1 aromatic carbocycles. The lowest BCUT2D eigenvalue weighted by Crippen LogP contribution is -2.29. The van der Waals surface area contributed by atoms with Gasteiger partial charge in [-0.05, 0) is 12.1 Å². The lowest BCUT2D eigenvalue weighted by molar-refractivity contribution is 0.0926. The molecule has 1 aromatic heterocycles. The van der Waals surface area contributed by atoms with Crippen LogP contribution in [-0.2, 0) is 0 Å². The standard InChI is InChI=1S/C14H10ClN3O3/c1-21-8-4-7(5-17-6-8)18-13(19)11-9(15)2-3-10(16)12(11)14(18)20/h2-6H,16H2,1H3. The first-order valence-electron chi connectivity index (χ1n) is 6.00. The lowest BCUT2D eigenvalue weighted by atomic mass is 10.1. The first-order chi connectivity index (χ1) is 10.0. The predicted molar refractivity (Wildman–Crippen MR) is 77.8 cm³/mol. The number of nitrogen functional groups attached to an aromatic ring is 1. The number of anilines is 2. The van der Waals surface area contributed by atoms with Crippen LogP contribution in [0.4, 0.5) is 11.4 Å². The molecule has 0 atom stereocenters. The topological polar surface area (TPSA) is 85.5 Å². The molecule has 1 aliphatic rings. The third-order valence-electron chi connectivity index (χ3n) is 3.21. The maximum atomic E-state index is 12.5. The van der Waals surface area contributed by atoms with Gasteiger partial charge in [0.1, 0.15) is 5.75 Å². The van der Waals surface area contributed by atoms with Gasteiger partial charge in [0.05, 0.1) is 41.3 Å². The third kappa shape index (κ3) is 1.92. The van der Waals surface area contributed by atoms with E-state index >= 15 is 0 Å². The molecule has 1 aliphatic heterocycles. The molecule has 0 spiro atoms. The minimum absolute atomic E-state index is 0.115. The van der Waals surface area contributed by atoms with Crippen LogP contribution in [0.3, 0.4) is 0 Å². The highest BCUT2D eigenvalue weighted by molar-refractivity contribution is 6.43. The number of hydrogen-bond acceptors (Lipinski definition) is 5. The molecule has 0 radical (unpaired) electrons. The monoisotopic (exact) mass is 303 g/mol. The summed E-state index contributed by atoms with van der Waals surface area (Å²) in [5.74, 6) is -0.615. The summed E-state index contributed by atoms with van der Waals surface area (Å²) in [4.78, 5) is 29.9. The summed E-state index contributed by atoms with van der Waals surface area (Å²) in [5, 5.41) is 0.191. The van der Waals surface area contributed by atoms with Crippen molar-refractivity contribution in [1.82, 2.24) is 4.98 Å². The van der Waals surface area contributed by atoms with Crippen molar-refractivity contribution in [1.29, 1.82) is 0 Å². The number of methoxy groups -OCH3 is 1. The van der Waals surface area contributed by atoms with Gasteiger partial charge in [0, 0.05) is 11.8 Å². The van der Waals surface area contributed by atoms with Crippen LogP contribution in [0, 0.1) is 0 Å². The number of hydrogen-bond donors (Lipinski definition) is 1. The summed E-state index contributed by atoms with van der Waals surface area (Å²) in [5.41, 5.74) is 6.54. The molecule has 106 valence electrons. The first kappa shape index (κ1) is 13.4. The fraction of sp³-hybridized carbons (Fsp3) is 0.0714. The number of carbonyl (C=O) groups is 2. The number of rotatable bonds is 2. The molecular formula is C14H10ClN3O3. The maximum absolute atomic E-state index is 12.5. The van der Waals surface area contributed by atoms with Crippen LogP contribution in [0.2, 0.25) is 5.02 Å². The van der Waals surface area contributed by atoms with Crippen LogP contribution in [0.15, 0.2) is 30.6 Å². The number of benzene rings is 1. The van der Waals surface area contributed by atoms with Crippen LogP contribution in [0.25, 0.3) is 0 Å². The lowest BCUT2D eigenvalue weighted by Gasteiger charge is -2.14. The Morgan fingerprint density at radius 1 is 1.19 bits per heavy atom. The number of fused-ring (bicyclic) bond motifs is 1. The SMILES string of the molecule is COc1cncc(N2C(=O)c3c(N)ccc(Cl)c3C2=O)c1. The highest BCUT2D eigenvalue weighted by Crippen LogP contribution is 2.36. The molecule has 2 amide bonds. The Kier molecular flexibility index (Phi) is 3.03. The Bertz CT molecular complexity index is 735. The minimum Gasteiger partial charge on any atom is -0.495 e. The smallest absolute Gasteiger partial charge is 0.268 e. The van der Waals surface area contributed by atoms with E-state index in [0.717, 1.165) is 4.90 Å². The highest BCUT2D eigenvalue weighted by atomic mass is 35.5. The van der Waals surface area contributed by atoms with Gasteiger partial charge in [0.25, 0.3) is 11.8 Å². The maximum Gasteiger partial charge on any atom is 0.268 e. The van der Waals surface area contributed by atoms with Crippen molar-refractivity contribution in [2.24, 2.45) is 0 Å². The number of pyridine rings is 1. The molecule has 0 unspecified atom stereocenters. The Balaban J connectivity index is 2.16. The second-order valence-electron chi connectivity index (χ2n) is 4.42. The van der Waals surface area contributed by atoms with E-state index in [1.165, 1.54) is 31.6 Å². The van der Waals surface area contributed by atoms with Crippen molar-refractivity contribution in [3.05, 3.63) is 46.7 Å². The molecule has 3 rings (SSSR count). The third-order valence-corrected chi connectivity index (χ3v) is 3.53. The summed E-state index contributed by atoms with van der Waals surface area (Å²) in [6.45, 7) is 0. The zero-order valence-electron chi connectivity index (χ0n) is 11.0. The molecule has 21 heavy (non-hydrogen) atoms. The zero-order valence-corrected chi connectivity index (χ0v) is 11.7. The molecule has 0 saturated carbocycles. The Morgan fingerprint density at radius 3 is 2.57 bits per heavy atom. The van der Waals surface area contributed by atoms with Gasteiger partial charge in [-0.2, -0.15) is 0 Å². The van der Waals surface area contributed by atoms with Crippen molar-refractivity contribution >= 4 is 34.8 Å². The molecule has 7 heteroatoms. The van der Waals surface area contributed by atoms with Crippen LogP contribution in [0.1, 0.15) is 20.7 Å². The van der Waals surface area contributed by atoms with Crippen LogP contribution >= 0.6 is 11.6 Å². The summed E-state index contributed by atoms with van der Waals surface area (Å²) >= 11 is 6.02. The fourth-order valence-corrected chi connectivity index (χ4v) is 2.46. The zero-order chi connectivity index (χ0) is 15.1. The normalized spacial score (nSPS) is 13.5. The number of imide groups is 1. The summed E-state index contributed by atoms with van der Waals surface area (Å²) < 4.78 is 5.05. The van der Waals surface area contributed by atoms with Crippen LogP contribution in [0.5, 0.6) is 5.75 Å². The molecule has 6 nitrogen and oxygen atoms in total. The van der Waals surface area contributed by atoms with Crippen molar-refractivity contribution in [3.63, 3.8) is 0 Å². The molecule has 2 heterocycles. The minimum atomic E-state index is -0.526. The highest BCUT2D eigenvalue weighted by Gasteiger charge is 2.40. The van der Waals surface area contributed by atoms with Crippen molar-refractivity contribution in [2.75, 3.05) is 17.7 Å². The van der Waals surface area contributed by atoms with Gasteiger partial charge in [-0.15, -0.1) is 0 Å². The number of nitrogens with zero attached hydrogens (tertiary/aromatic N) is 2. The second kappa shape index (κ2) is 4.75. The van der Waals surface area contributed by atoms with Gasteiger partial charge in [-0.25, -0.2) is 4.90 Å². The van der Waals surface area contributed by atoms with E-state index in [0.29, 0.717) is 11.4 Å². The van der Waals surface area contributed by atoms with Gasteiger partial charge in [0.15, 0.2) is 0 Å². The molecule has 0 aliphatic carbocycles. The number of amides is 2. The van der Waals surface area contributed by atoms with E-state index in [1.54, 1.807) is 6.07 Å². The molecule has 2 N–H and O–H groups in total. The Labute approximate surface area is 125 Å². The number of aromatic nitrogens is 1. The molecule has 0 bridgehead atoms. The second-order valence-corrected chi connectivity index (χ2v) is 4.82. The van der Waals surface area contributed by atoms with Gasteiger partial charge in [-0.3, -0.25) is 14.6 Å². The first-order valence-corrected chi connectivity index (χ1v) is 6.38. The Hall–Kier alpha value is -2.60. The average molecular weight is 304 g/mol. The Morgan fingerprint density at radius 2 is 1.90 bits per heavy atom. The van der Waals surface area contributed by atoms with E-state index in [-0.39, 0.29) is 21.8 Å². The quantitative estimate of drug-likeness (QED) is 0.678. The van der Waals surface area contributed by atoms with E-state index < -0.39 is 11.8 Å². The van der Waals surface area contributed by atoms with Gasteiger partial charge >= 0.3 is 0 Å². The average Bonchev–Trinajstić information content (AvgIpc) is 2.75. The number of nitrogens with two attached hydrogens (primary N) is 1. The number of ether oxygens (including phenoxy) is 1. The van der Waals surface area contributed by atoms with E-state index in [9.17, 15) is 9.59 Å². The summed E-state index contributed by atoms with van der Waals surface area (Å²) in [7, 11) is 1.47. The summed E-state index contributed by atoms with van der Waals surface area (Å²) in [6.07, 6.45) is 2.87. The fourth-order valence-electron chi connectivity index (χ4n) is 2.22. The van der Waals surface area contributed by atoms with Crippen LogP contribution < -0.4 is 15.4 Å². The van der Waals surface area contributed by atoms with Crippen LogP contribution in [-0.4, -0.2) is 23.9 Å².